The summed E-state index contributed by atoms with van der Waals surface area (Å²) < 4.78 is 43.5. The maximum absolute atomic E-state index is 12.1. The van der Waals surface area contributed by atoms with Gasteiger partial charge in [-0.15, -0.1) is 0 Å². The second-order valence-electron chi connectivity index (χ2n) is 8.60. The van der Waals surface area contributed by atoms with Gasteiger partial charge in [0.1, 0.15) is 11.5 Å². The van der Waals surface area contributed by atoms with Crippen molar-refractivity contribution in [2.75, 3.05) is 39.3 Å². The van der Waals surface area contributed by atoms with E-state index in [2.05, 4.69) is 48.3 Å². The zero-order chi connectivity index (χ0) is 23.3. The van der Waals surface area contributed by atoms with E-state index in [-0.39, 0.29) is 0 Å². The van der Waals surface area contributed by atoms with E-state index in [0.29, 0.717) is 12.2 Å². The monoisotopic (exact) mass is 479 g/mol. The van der Waals surface area contributed by atoms with E-state index in [1.165, 1.54) is 35.1 Å². The molecule has 0 saturated heterocycles. The zero-order valence-corrected chi connectivity index (χ0v) is 20.7. The third-order valence-electron chi connectivity index (χ3n) is 6.06. The Bertz CT molecular complexity index is 1020. The number of ether oxygens (including phenoxy) is 1. The highest BCUT2D eigenvalue weighted by molar-refractivity contribution is 7.91. The van der Waals surface area contributed by atoms with Gasteiger partial charge >= 0.3 is 0 Å². The maximum Gasteiger partial charge on any atom is 0.261 e. The number of hydrogen-bond donors (Lipinski definition) is 1. The number of aryl methyl sites for hydroxylation is 1. The summed E-state index contributed by atoms with van der Waals surface area (Å²) >= 11 is -0.782. The quantitative estimate of drug-likeness (QED) is 0.504. The van der Waals surface area contributed by atoms with E-state index in [4.69, 9.17) is 9.29 Å². The van der Waals surface area contributed by atoms with Crippen LogP contribution in [-0.4, -0.2) is 61.7 Å². The first-order valence-electron chi connectivity index (χ1n) is 10.9. The lowest BCUT2D eigenvalue weighted by Gasteiger charge is -2.30. The van der Waals surface area contributed by atoms with Gasteiger partial charge in [-0.2, -0.15) is 8.42 Å². The number of likely N-dealkylation sites (N-methyl/N-ethyl adjacent to an activating group) is 1. The van der Waals surface area contributed by atoms with Crippen molar-refractivity contribution >= 4 is 21.3 Å². The Kier molecular flexibility index (Phi) is 8.63. The van der Waals surface area contributed by atoms with E-state index in [9.17, 15) is 13.0 Å². The molecule has 8 heteroatoms. The fourth-order valence-electron chi connectivity index (χ4n) is 4.57. The second-order valence-corrected chi connectivity index (χ2v) is 11.6. The molecule has 1 heterocycles. The molecule has 4 rings (SSSR count). The third kappa shape index (κ3) is 6.96. The number of rotatable bonds is 6. The van der Waals surface area contributed by atoms with Crippen molar-refractivity contribution in [2.45, 2.75) is 42.9 Å². The van der Waals surface area contributed by atoms with Crippen LogP contribution in [0.25, 0.3) is 0 Å². The largest absolute Gasteiger partial charge is 0.611 e. The highest BCUT2D eigenvalue weighted by Gasteiger charge is 2.25. The number of fused-ring (bicyclic) bond motifs is 2. The first kappa shape index (κ1) is 25.1. The van der Waals surface area contributed by atoms with Crippen LogP contribution >= 0.6 is 0 Å². The average molecular weight is 480 g/mol. The van der Waals surface area contributed by atoms with Crippen LogP contribution in [0.1, 0.15) is 41.0 Å². The molecule has 1 aliphatic heterocycles. The molecule has 1 N–H and O–H groups in total. The number of methoxy groups -OCH3 is 1. The Labute approximate surface area is 194 Å². The molecule has 0 amide bonds. The van der Waals surface area contributed by atoms with Crippen LogP contribution in [0.5, 0.6) is 5.75 Å². The molecule has 0 saturated carbocycles. The molecule has 0 spiro atoms. The summed E-state index contributed by atoms with van der Waals surface area (Å²) in [6.45, 7) is 2.11. The number of benzene rings is 2. The number of hydrogen-bond acceptors (Lipinski definition) is 5. The van der Waals surface area contributed by atoms with Crippen LogP contribution in [-0.2, 0) is 40.6 Å². The molecule has 6 nitrogen and oxygen atoms in total. The zero-order valence-electron chi connectivity index (χ0n) is 19.0. The van der Waals surface area contributed by atoms with Gasteiger partial charge in [0.25, 0.3) is 10.1 Å². The van der Waals surface area contributed by atoms with Crippen LogP contribution in [0.4, 0.5) is 0 Å². The molecule has 0 radical (unpaired) electrons. The molecule has 2 aromatic rings. The lowest BCUT2D eigenvalue weighted by atomic mass is 9.82. The van der Waals surface area contributed by atoms with Gasteiger partial charge in [0.2, 0.25) is 0 Å². The Morgan fingerprint density at radius 2 is 2.00 bits per heavy atom. The number of nitrogens with zero attached hydrogens (tertiary/aromatic N) is 1. The molecule has 0 aromatic heterocycles. The Hall–Kier alpha value is -1.58. The molecule has 1 unspecified atom stereocenters. The highest BCUT2D eigenvalue weighted by Crippen LogP contribution is 2.37. The van der Waals surface area contributed by atoms with Crippen LogP contribution in [0.3, 0.4) is 0 Å². The van der Waals surface area contributed by atoms with Crippen LogP contribution in [0.15, 0.2) is 41.3 Å². The molecule has 2 atom stereocenters. The van der Waals surface area contributed by atoms with E-state index >= 15 is 0 Å². The van der Waals surface area contributed by atoms with Gasteiger partial charge in [-0.05, 0) is 78.6 Å². The van der Waals surface area contributed by atoms with Crippen molar-refractivity contribution in [3.8, 4) is 5.75 Å². The predicted molar refractivity (Wildman–Crippen MR) is 129 cm³/mol. The first-order chi connectivity index (χ1) is 15.2. The van der Waals surface area contributed by atoms with Crippen LogP contribution < -0.4 is 4.74 Å². The van der Waals surface area contributed by atoms with Crippen molar-refractivity contribution in [1.29, 1.82) is 0 Å². The summed E-state index contributed by atoms with van der Waals surface area (Å²) in [5, 5.41) is 0. The van der Waals surface area contributed by atoms with E-state index in [1.807, 2.05) is 0 Å². The van der Waals surface area contributed by atoms with E-state index in [0.717, 1.165) is 48.7 Å². The average Bonchev–Trinajstić information content (AvgIpc) is 3.11. The van der Waals surface area contributed by atoms with Gasteiger partial charge in [0.15, 0.2) is 4.90 Å². The smallest absolute Gasteiger partial charge is 0.261 e. The normalized spacial score (nSPS) is 19.7. The summed E-state index contributed by atoms with van der Waals surface area (Å²) in [4.78, 5) is 3.52. The topological polar surface area (TPSA) is 89.9 Å². The van der Waals surface area contributed by atoms with Crippen molar-refractivity contribution in [3.63, 3.8) is 0 Å². The predicted octanol–water partition coefficient (Wildman–Crippen LogP) is 3.46. The minimum Gasteiger partial charge on any atom is -0.611 e. The Morgan fingerprint density at radius 3 is 2.72 bits per heavy atom. The minimum atomic E-state index is -3.67. The molecule has 2 aliphatic rings. The molecule has 0 bridgehead atoms. The highest BCUT2D eigenvalue weighted by atomic mass is 32.2. The lowest BCUT2D eigenvalue weighted by molar-refractivity contribution is 0.299. The minimum absolute atomic E-state index is 0.585. The Morgan fingerprint density at radius 1 is 1.25 bits per heavy atom. The Balaban J connectivity index is 0.000000523. The van der Waals surface area contributed by atoms with Crippen molar-refractivity contribution in [1.82, 2.24) is 4.90 Å². The van der Waals surface area contributed by atoms with Gasteiger partial charge in [-0.1, -0.05) is 24.3 Å². The summed E-state index contributed by atoms with van der Waals surface area (Å²) in [6.07, 6.45) is 6.31. The summed E-state index contributed by atoms with van der Waals surface area (Å²) in [6, 6.07) is 13.1. The molecular weight excluding hydrogens is 446 g/mol. The molecule has 32 heavy (non-hydrogen) atoms. The summed E-state index contributed by atoms with van der Waals surface area (Å²) in [5.41, 5.74) is 5.46. The van der Waals surface area contributed by atoms with Crippen LogP contribution in [0.2, 0.25) is 0 Å². The summed E-state index contributed by atoms with van der Waals surface area (Å²) in [7, 11) is 0.328. The second kappa shape index (κ2) is 11.0. The molecule has 0 fully saturated rings. The van der Waals surface area contributed by atoms with Gasteiger partial charge in [0.05, 0.1) is 13.4 Å². The van der Waals surface area contributed by atoms with Crippen molar-refractivity contribution < 1.29 is 22.3 Å². The molecule has 2 aromatic carbocycles. The van der Waals surface area contributed by atoms with E-state index in [1.54, 1.807) is 7.11 Å². The maximum atomic E-state index is 12.1. The molecular formula is C24H33NO5S2. The standard InChI is InChI=1S/C23H29NO2S.CH4O3S/c1-24(13-11-17-9-10-18-12-14-27(25)23(18)15-17)16-19-5-3-7-21-20(19)6-4-8-22(21)26-2;1-5(2,3)4/h4,6,8-10,15,19H,3,5,7,11-14,16H2,1-2H3;1H3,(H,2,3,4)/t19-,27?;/m0./s1. The molecule has 176 valence electrons. The molecule has 1 aliphatic carbocycles. The van der Waals surface area contributed by atoms with Crippen LogP contribution in [0, 0.1) is 0 Å². The van der Waals surface area contributed by atoms with Gasteiger partial charge in [0, 0.05) is 25.1 Å². The van der Waals surface area contributed by atoms with Gasteiger partial charge in [-0.25, -0.2) is 0 Å². The van der Waals surface area contributed by atoms with Gasteiger partial charge < -0.3 is 14.2 Å². The first-order valence-corrected chi connectivity index (χ1v) is 14.1. The summed E-state index contributed by atoms with van der Waals surface area (Å²) in [5.74, 6) is 2.43. The lowest BCUT2D eigenvalue weighted by Crippen LogP contribution is -2.28. The SMILES string of the molecule is COc1cccc2c1CCC[C@H]2CN(C)CCc1ccc2c(c1)[S+]([O-])CC2.CS(=O)(=O)O. The fraction of sp³-hybridized carbons (Fsp3) is 0.500. The van der Waals surface area contributed by atoms with Crippen molar-refractivity contribution in [3.05, 3.63) is 58.7 Å². The third-order valence-corrected chi connectivity index (χ3v) is 7.50. The van der Waals surface area contributed by atoms with E-state index < -0.39 is 21.3 Å². The van der Waals surface area contributed by atoms with Crippen molar-refractivity contribution in [2.24, 2.45) is 0 Å². The fourth-order valence-corrected chi connectivity index (χ4v) is 5.94. The van der Waals surface area contributed by atoms with Gasteiger partial charge in [-0.3, -0.25) is 4.55 Å².